The molecule has 8 heteroatoms. The van der Waals surface area contributed by atoms with Gasteiger partial charge in [0.2, 0.25) is 0 Å². The molecule has 0 fully saturated rings. The predicted molar refractivity (Wildman–Crippen MR) is 120 cm³/mol. The van der Waals surface area contributed by atoms with Gasteiger partial charge in [-0.2, -0.15) is 0 Å². The first-order chi connectivity index (χ1) is 15.4. The lowest BCUT2D eigenvalue weighted by Gasteiger charge is -2.18. The van der Waals surface area contributed by atoms with Gasteiger partial charge in [-0.1, -0.05) is 24.3 Å². The molecular weight excluding hydrogens is 410 g/mol. The van der Waals surface area contributed by atoms with Crippen LogP contribution in [0.3, 0.4) is 0 Å². The van der Waals surface area contributed by atoms with Crippen LogP contribution in [0.2, 0.25) is 0 Å². The highest BCUT2D eigenvalue weighted by Crippen LogP contribution is 2.38. The largest absolute Gasteiger partial charge is 0.495 e. The third-order valence-electron chi connectivity index (χ3n) is 5.06. The number of ether oxygens (including phenoxy) is 1. The molecule has 0 atom stereocenters. The van der Waals surface area contributed by atoms with E-state index < -0.39 is 16.7 Å². The molecule has 2 amide bonds. The zero-order chi connectivity index (χ0) is 22.8. The van der Waals surface area contributed by atoms with Crippen LogP contribution in [-0.2, 0) is 9.59 Å². The minimum Gasteiger partial charge on any atom is -0.495 e. The summed E-state index contributed by atoms with van der Waals surface area (Å²) in [6.45, 7) is 1.92. The van der Waals surface area contributed by atoms with E-state index in [9.17, 15) is 19.7 Å². The number of carbonyl (C=O) groups excluding carboxylic acids is 2. The van der Waals surface area contributed by atoms with Crippen LogP contribution in [0, 0.1) is 17.0 Å². The molecule has 1 N–H and O–H groups in total. The van der Waals surface area contributed by atoms with E-state index >= 15 is 0 Å². The molecule has 0 saturated heterocycles. The van der Waals surface area contributed by atoms with Crippen LogP contribution >= 0.6 is 0 Å². The van der Waals surface area contributed by atoms with Crippen molar-refractivity contribution in [2.45, 2.75) is 6.92 Å². The molecule has 3 aromatic carbocycles. The zero-order valence-electron chi connectivity index (χ0n) is 17.4. The van der Waals surface area contributed by atoms with Crippen LogP contribution in [0.25, 0.3) is 5.57 Å². The van der Waals surface area contributed by atoms with Gasteiger partial charge >= 0.3 is 0 Å². The summed E-state index contributed by atoms with van der Waals surface area (Å²) in [5.41, 5.74) is 2.42. The molecule has 0 unspecified atom stereocenters. The number of aryl methyl sites for hydroxylation is 1. The minimum atomic E-state index is -0.552. The van der Waals surface area contributed by atoms with Crippen LogP contribution in [0.4, 0.5) is 17.1 Å². The Hall–Kier alpha value is -4.46. The molecule has 0 aromatic heterocycles. The summed E-state index contributed by atoms with van der Waals surface area (Å²) in [6, 6.07) is 19.6. The number of hydrogen-bond acceptors (Lipinski definition) is 6. The maximum atomic E-state index is 13.5. The molecule has 1 heterocycles. The summed E-state index contributed by atoms with van der Waals surface area (Å²) in [5.74, 6) is -0.730. The predicted octanol–water partition coefficient (Wildman–Crippen LogP) is 4.31. The number of imide groups is 1. The number of rotatable bonds is 6. The highest BCUT2D eigenvalue weighted by molar-refractivity contribution is 6.46. The van der Waals surface area contributed by atoms with Crippen LogP contribution in [-0.4, -0.2) is 23.8 Å². The molecule has 32 heavy (non-hydrogen) atoms. The molecule has 4 rings (SSSR count). The third-order valence-corrected chi connectivity index (χ3v) is 5.06. The fourth-order valence-corrected chi connectivity index (χ4v) is 3.56. The van der Waals surface area contributed by atoms with Gasteiger partial charge in [0.25, 0.3) is 17.5 Å². The van der Waals surface area contributed by atoms with Gasteiger partial charge in [-0.25, -0.2) is 4.90 Å². The molecule has 0 spiro atoms. The SMILES string of the molecule is COc1ccccc1N1C(=O)C(Nc2cccc(C)c2)=C(c2ccc([N+](=O)[O-])cc2)C1=O. The van der Waals surface area contributed by atoms with Crippen molar-refractivity contribution in [1.82, 2.24) is 0 Å². The minimum absolute atomic E-state index is 0.0837. The van der Waals surface area contributed by atoms with Crippen molar-refractivity contribution in [3.63, 3.8) is 0 Å². The molecular formula is C24H19N3O5. The molecule has 1 aliphatic heterocycles. The monoisotopic (exact) mass is 429 g/mol. The lowest BCUT2D eigenvalue weighted by Crippen LogP contribution is -2.32. The van der Waals surface area contributed by atoms with Gasteiger partial charge in [-0.3, -0.25) is 19.7 Å². The number of nitro benzene ring substituents is 1. The van der Waals surface area contributed by atoms with Gasteiger partial charge in [0.15, 0.2) is 0 Å². The average Bonchev–Trinajstić information content (AvgIpc) is 3.03. The standard InChI is InChI=1S/C24H19N3O5/c1-15-6-5-7-17(14-15)25-22-21(16-10-12-18(13-11-16)27(30)31)23(28)26(24(22)29)19-8-3-4-9-20(19)32-2/h3-14,25H,1-2H3. The number of methoxy groups -OCH3 is 1. The molecule has 3 aromatic rings. The number of hydrogen-bond donors (Lipinski definition) is 1. The normalized spacial score (nSPS) is 13.5. The Morgan fingerprint density at radius 1 is 0.938 bits per heavy atom. The van der Waals surface area contributed by atoms with E-state index in [1.54, 1.807) is 30.3 Å². The van der Waals surface area contributed by atoms with E-state index in [1.165, 1.54) is 31.4 Å². The maximum Gasteiger partial charge on any atom is 0.282 e. The van der Waals surface area contributed by atoms with Crippen LogP contribution < -0.4 is 15.0 Å². The topological polar surface area (TPSA) is 102 Å². The molecule has 0 aliphatic carbocycles. The van der Waals surface area contributed by atoms with Crippen LogP contribution in [0.1, 0.15) is 11.1 Å². The number of nitrogens with zero attached hydrogens (tertiary/aromatic N) is 2. The van der Waals surface area contributed by atoms with Gasteiger partial charge in [-0.15, -0.1) is 0 Å². The number of nitro groups is 1. The summed E-state index contributed by atoms with van der Waals surface area (Å²) >= 11 is 0. The number of amides is 2. The number of carbonyl (C=O) groups is 2. The Morgan fingerprint density at radius 3 is 2.31 bits per heavy atom. The van der Waals surface area contributed by atoms with E-state index in [0.29, 0.717) is 22.7 Å². The molecule has 0 radical (unpaired) electrons. The maximum absolute atomic E-state index is 13.5. The number of anilines is 2. The third kappa shape index (κ3) is 3.69. The summed E-state index contributed by atoms with van der Waals surface area (Å²) in [7, 11) is 1.46. The smallest absolute Gasteiger partial charge is 0.282 e. The lowest BCUT2D eigenvalue weighted by atomic mass is 10.0. The summed E-state index contributed by atoms with van der Waals surface area (Å²) < 4.78 is 5.35. The first-order valence-corrected chi connectivity index (χ1v) is 9.75. The second-order valence-corrected chi connectivity index (χ2v) is 7.17. The van der Waals surface area contributed by atoms with Crippen LogP contribution in [0.15, 0.2) is 78.5 Å². The fourth-order valence-electron chi connectivity index (χ4n) is 3.56. The van der Waals surface area contributed by atoms with E-state index in [-0.39, 0.29) is 17.0 Å². The molecule has 0 bridgehead atoms. The molecule has 8 nitrogen and oxygen atoms in total. The summed E-state index contributed by atoms with van der Waals surface area (Å²) in [5, 5.41) is 14.1. The molecule has 0 saturated carbocycles. The van der Waals surface area contributed by atoms with Crippen molar-refractivity contribution < 1.29 is 19.2 Å². The van der Waals surface area contributed by atoms with Gasteiger partial charge < -0.3 is 10.1 Å². The van der Waals surface area contributed by atoms with E-state index in [2.05, 4.69) is 5.32 Å². The molecule has 1 aliphatic rings. The fraction of sp³-hybridized carbons (Fsp3) is 0.0833. The zero-order valence-corrected chi connectivity index (χ0v) is 17.4. The van der Waals surface area contributed by atoms with Crippen molar-refractivity contribution in [3.8, 4) is 5.75 Å². The number of non-ortho nitro benzene ring substituents is 1. The number of para-hydroxylation sites is 2. The number of nitrogens with one attached hydrogen (secondary N) is 1. The number of benzene rings is 3. The van der Waals surface area contributed by atoms with Gasteiger partial charge in [0.05, 0.1) is 23.3 Å². The van der Waals surface area contributed by atoms with E-state index in [0.717, 1.165) is 10.5 Å². The lowest BCUT2D eigenvalue weighted by molar-refractivity contribution is -0.384. The first-order valence-electron chi connectivity index (χ1n) is 9.75. The van der Waals surface area contributed by atoms with Crippen molar-refractivity contribution in [3.05, 3.63) is 99.7 Å². The highest BCUT2D eigenvalue weighted by Gasteiger charge is 2.41. The van der Waals surface area contributed by atoms with E-state index in [1.807, 2.05) is 25.1 Å². The summed E-state index contributed by atoms with van der Waals surface area (Å²) in [6.07, 6.45) is 0. The van der Waals surface area contributed by atoms with Gasteiger partial charge in [0.1, 0.15) is 11.4 Å². The van der Waals surface area contributed by atoms with Crippen molar-refractivity contribution in [2.75, 3.05) is 17.3 Å². The van der Waals surface area contributed by atoms with Gasteiger partial charge in [-0.05, 0) is 54.4 Å². The molecule has 160 valence electrons. The van der Waals surface area contributed by atoms with Crippen molar-refractivity contribution >= 4 is 34.4 Å². The second kappa shape index (κ2) is 8.35. The van der Waals surface area contributed by atoms with Crippen molar-refractivity contribution in [1.29, 1.82) is 0 Å². The average molecular weight is 429 g/mol. The quantitative estimate of drug-likeness (QED) is 0.356. The Morgan fingerprint density at radius 2 is 1.66 bits per heavy atom. The Labute approximate surface area is 183 Å². The highest BCUT2D eigenvalue weighted by atomic mass is 16.6. The Bertz CT molecular complexity index is 1260. The Balaban J connectivity index is 1.84. The van der Waals surface area contributed by atoms with Gasteiger partial charge in [0, 0.05) is 17.8 Å². The Kier molecular flexibility index (Phi) is 5.43. The second-order valence-electron chi connectivity index (χ2n) is 7.17. The van der Waals surface area contributed by atoms with Crippen LogP contribution in [0.5, 0.6) is 5.75 Å². The van der Waals surface area contributed by atoms with E-state index in [4.69, 9.17) is 4.74 Å². The van der Waals surface area contributed by atoms with Crippen molar-refractivity contribution in [2.24, 2.45) is 0 Å². The first kappa shape index (κ1) is 20.8. The summed E-state index contributed by atoms with van der Waals surface area (Å²) in [4.78, 5) is 38.5.